The molecule has 0 atom stereocenters. The second-order valence-corrected chi connectivity index (χ2v) is 7.27. The van der Waals surface area contributed by atoms with Crippen molar-refractivity contribution < 1.29 is 0 Å². The lowest BCUT2D eigenvalue weighted by molar-refractivity contribution is 0.135. The predicted octanol–water partition coefficient (Wildman–Crippen LogP) is 2.21. The van der Waals surface area contributed by atoms with Gasteiger partial charge in [0.05, 0.1) is 11.4 Å². The number of nitrogens with zero attached hydrogens (tertiary/aromatic N) is 4. The van der Waals surface area contributed by atoms with Crippen molar-refractivity contribution in [3.8, 4) is 0 Å². The Bertz CT molecular complexity index is 690. The lowest BCUT2D eigenvalue weighted by Crippen LogP contribution is -2.45. The van der Waals surface area contributed by atoms with Gasteiger partial charge in [0, 0.05) is 52.4 Å². The maximum Gasteiger partial charge on any atom is 0.0768 e. The SMILES string of the molecule is C(=C\c1ccccc1)/CN1CCN(Cc2cc3n(n2)CCCNC3)CC1. The van der Waals surface area contributed by atoms with E-state index in [1.807, 2.05) is 0 Å². The Morgan fingerprint density at radius 1 is 1.00 bits per heavy atom. The van der Waals surface area contributed by atoms with Gasteiger partial charge in [-0.1, -0.05) is 42.5 Å². The van der Waals surface area contributed by atoms with Gasteiger partial charge in [-0.3, -0.25) is 14.5 Å². The van der Waals surface area contributed by atoms with Crippen LogP contribution in [0.15, 0.2) is 42.5 Å². The molecule has 0 saturated carbocycles. The van der Waals surface area contributed by atoms with Gasteiger partial charge < -0.3 is 5.32 Å². The first-order valence-corrected chi connectivity index (χ1v) is 9.79. The van der Waals surface area contributed by atoms with E-state index in [4.69, 9.17) is 5.10 Å². The van der Waals surface area contributed by atoms with E-state index in [0.717, 1.165) is 58.9 Å². The fourth-order valence-electron chi connectivity index (χ4n) is 3.76. The lowest BCUT2D eigenvalue weighted by Gasteiger charge is -2.33. The van der Waals surface area contributed by atoms with E-state index in [1.165, 1.54) is 23.4 Å². The van der Waals surface area contributed by atoms with Gasteiger partial charge in [0.1, 0.15) is 0 Å². The van der Waals surface area contributed by atoms with Crippen molar-refractivity contribution in [1.82, 2.24) is 24.9 Å². The highest BCUT2D eigenvalue weighted by Gasteiger charge is 2.18. The second kappa shape index (κ2) is 8.62. The number of benzene rings is 1. The summed E-state index contributed by atoms with van der Waals surface area (Å²) in [6, 6.07) is 12.8. The zero-order chi connectivity index (χ0) is 17.6. The van der Waals surface area contributed by atoms with Gasteiger partial charge in [0.25, 0.3) is 0 Å². The molecule has 2 aliphatic rings. The van der Waals surface area contributed by atoms with Crippen LogP contribution in [0.25, 0.3) is 6.08 Å². The van der Waals surface area contributed by atoms with E-state index in [1.54, 1.807) is 0 Å². The number of fused-ring (bicyclic) bond motifs is 1. The summed E-state index contributed by atoms with van der Waals surface area (Å²) in [5, 5.41) is 8.29. The molecule has 0 radical (unpaired) electrons. The third kappa shape index (κ3) is 4.61. The molecule has 5 nitrogen and oxygen atoms in total. The van der Waals surface area contributed by atoms with Crippen molar-refractivity contribution in [1.29, 1.82) is 0 Å². The van der Waals surface area contributed by atoms with Crippen LogP contribution in [0.2, 0.25) is 0 Å². The number of piperazine rings is 1. The molecule has 0 bridgehead atoms. The van der Waals surface area contributed by atoms with Crippen LogP contribution in [0.4, 0.5) is 0 Å². The monoisotopic (exact) mass is 351 g/mol. The number of aromatic nitrogens is 2. The third-order valence-electron chi connectivity index (χ3n) is 5.27. The Hall–Kier alpha value is -1.95. The summed E-state index contributed by atoms with van der Waals surface area (Å²) >= 11 is 0. The Labute approximate surface area is 156 Å². The quantitative estimate of drug-likeness (QED) is 0.896. The molecule has 2 aromatic rings. The van der Waals surface area contributed by atoms with E-state index in [2.05, 4.69) is 68.3 Å². The second-order valence-electron chi connectivity index (χ2n) is 7.27. The van der Waals surface area contributed by atoms with Gasteiger partial charge in [-0.2, -0.15) is 5.10 Å². The first kappa shape index (κ1) is 17.5. The van der Waals surface area contributed by atoms with E-state index < -0.39 is 0 Å². The van der Waals surface area contributed by atoms with Gasteiger partial charge in [0.15, 0.2) is 0 Å². The minimum absolute atomic E-state index is 0.953. The first-order valence-electron chi connectivity index (χ1n) is 9.79. The van der Waals surface area contributed by atoms with Crippen molar-refractivity contribution in [2.45, 2.75) is 26.1 Å². The van der Waals surface area contributed by atoms with Crippen LogP contribution in [0.1, 0.15) is 23.4 Å². The minimum atomic E-state index is 0.953. The third-order valence-corrected chi connectivity index (χ3v) is 5.27. The Morgan fingerprint density at radius 3 is 2.65 bits per heavy atom. The molecule has 0 unspecified atom stereocenters. The Morgan fingerprint density at radius 2 is 1.81 bits per heavy atom. The summed E-state index contributed by atoms with van der Waals surface area (Å²) in [6.07, 6.45) is 5.67. The Balaban J connectivity index is 1.23. The van der Waals surface area contributed by atoms with Crippen molar-refractivity contribution in [3.63, 3.8) is 0 Å². The van der Waals surface area contributed by atoms with Crippen LogP contribution < -0.4 is 5.32 Å². The van der Waals surface area contributed by atoms with Gasteiger partial charge in [-0.15, -0.1) is 0 Å². The van der Waals surface area contributed by atoms with Gasteiger partial charge in [0.2, 0.25) is 0 Å². The number of nitrogens with one attached hydrogen (secondary N) is 1. The molecule has 3 heterocycles. The fourth-order valence-corrected chi connectivity index (χ4v) is 3.76. The number of aryl methyl sites for hydroxylation is 1. The lowest BCUT2D eigenvalue weighted by atomic mass is 10.2. The molecule has 0 aliphatic carbocycles. The molecule has 1 fully saturated rings. The highest BCUT2D eigenvalue weighted by atomic mass is 15.3. The summed E-state index contributed by atoms with van der Waals surface area (Å²) in [6.45, 7) is 9.63. The molecule has 4 rings (SSSR count). The normalized spacial score (nSPS) is 19.5. The first-order chi connectivity index (χ1) is 12.9. The van der Waals surface area contributed by atoms with Crippen LogP contribution >= 0.6 is 0 Å². The molecule has 1 N–H and O–H groups in total. The molecule has 5 heteroatoms. The van der Waals surface area contributed by atoms with E-state index >= 15 is 0 Å². The highest BCUT2D eigenvalue weighted by Crippen LogP contribution is 2.12. The minimum Gasteiger partial charge on any atom is -0.311 e. The van der Waals surface area contributed by atoms with E-state index in [0.29, 0.717) is 0 Å². The topological polar surface area (TPSA) is 36.3 Å². The number of rotatable bonds is 5. The molecular weight excluding hydrogens is 322 g/mol. The summed E-state index contributed by atoms with van der Waals surface area (Å²) in [7, 11) is 0. The number of hydrogen-bond donors (Lipinski definition) is 1. The van der Waals surface area contributed by atoms with E-state index in [9.17, 15) is 0 Å². The molecule has 0 amide bonds. The largest absolute Gasteiger partial charge is 0.311 e. The van der Waals surface area contributed by atoms with Crippen molar-refractivity contribution >= 4 is 6.08 Å². The summed E-state index contributed by atoms with van der Waals surface area (Å²) in [5.41, 5.74) is 3.84. The summed E-state index contributed by atoms with van der Waals surface area (Å²) < 4.78 is 2.19. The predicted molar refractivity (Wildman–Crippen MR) is 106 cm³/mol. The standard InChI is InChI=1S/C21H29N5/c1-2-6-19(7-3-1)8-4-10-24-12-14-25(15-13-24)18-20-16-21-17-22-9-5-11-26(21)23-20/h1-4,6-8,16,22H,5,9-15,17-18H2/b8-4+. The molecule has 2 aliphatic heterocycles. The molecule has 1 saturated heterocycles. The zero-order valence-corrected chi connectivity index (χ0v) is 15.5. The summed E-state index contributed by atoms with van der Waals surface area (Å²) in [5.74, 6) is 0. The maximum atomic E-state index is 4.82. The van der Waals surface area contributed by atoms with Crippen LogP contribution in [-0.2, 0) is 19.6 Å². The van der Waals surface area contributed by atoms with Gasteiger partial charge in [-0.25, -0.2) is 0 Å². The van der Waals surface area contributed by atoms with Crippen molar-refractivity contribution in [2.24, 2.45) is 0 Å². The maximum absolute atomic E-state index is 4.82. The highest BCUT2D eigenvalue weighted by molar-refractivity contribution is 5.48. The smallest absolute Gasteiger partial charge is 0.0768 e. The number of hydrogen-bond acceptors (Lipinski definition) is 4. The van der Waals surface area contributed by atoms with Crippen LogP contribution in [0.3, 0.4) is 0 Å². The molecule has 138 valence electrons. The molecular formula is C21H29N5. The van der Waals surface area contributed by atoms with E-state index in [-0.39, 0.29) is 0 Å². The average Bonchev–Trinajstić information content (AvgIpc) is 2.92. The van der Waals surface area contributed by atoms with Crippen LogP contribution in [0, 0.1) is 0 Å². The molecule has 26 heavy (non-hydrogen) atoms. The Kier molecular flexibility index (Phi) is 5.79. The molecule has 1 aromatic carbocycles. The molecule has 1 aromatic heterocycles. The fraction of sp³-hybridized carbons (Fsp3) is 0.476. The van der Waals surface area contributed by atoms with Gasteiger partial charge >= 0.3 is 0 Å². The van der Waals surface area contributed by atoms with Crippen LogP contribution in [-0.4, -0.2) is 58.8 Å². The van der Waals surface area contributed by atoms with Gasteiger partial charge in [-0.05, 0) is 24.6 Å². The zero-order valence-electron chi connectivity index (χ0n) is 15.5. The molecule has 0 spiro atoms. The van der Waals surface area contributed by atoms with Crippen LogP contribution in [0.5, 0.6) is 0 Å². The van der Waals surface area contributed by atoms with Crippen molar-refractivity contribution in [2.75, 3.05) is 39.3 Å². The average molecular weight is 351 g/mol. The summed E-state index contributed by atoms with van der Waals surface area (Å²) in [4.78, 5) is 5.06. The van der Waals surface area contributed by atoms with Crippen molar-refractivity contribution in [3.05, 3.63) is 59.4 Å².